The van der Waals surface area contributed by atoms with Gasteiger partial charge in [-0.1, -0.05) is 0 Å². The summed E-state index contributed by atoms with van der Waals surface area (Å²) in [5.41, 5.74) is -0.0333. The molecule has 3 saturated heterocycles. The number of ether oxygens (including phenoxy) is 1. The molecule has 1 N–H and O–H groups in total. The first-order valence-corrected chi connectivity index (χ1v) is 13.9. The van der Waals surface area contributed by atoms with E-state index in [4.69, 9.17) is 19.0 Å². The minimum absolute atomic E-state index is 0.00528. The van der Waals surface area contributed by atoms with E-state index in [0.29, 0.717) is 35.4 Å². The average molecular weight is 563 g/mol. The second-order valence-electron chi connectivity index (χ2n) is 12.9. The number of fused-ring (bicyclic) bond motifs is 3. The topological polar surface area (TPSA) is 115 Å². The number of carbonyl (C=O) groups is 1. The highest BCUT2D eigenvalue weighted by Crippen LogP contribution is 2.37. The highest BCUT2D eigenvalue weighted by molar-refractivity contribution is 6.62. The Labute approximate surface area is 239 Å². The summed E-state index contributed by atoms with van der Waals surface area (Å²) in [6.07, 6.45) is 3.50. The number of carbonyl (C=O) groups excluding carboxylic acids is 1. The van der Waals surface area contributed by atoms with E-state index < -0.39 is 29.7 Å². The molecule has 3 aliphatic rings. The summed E-state index contributed by atoms with van der Waals surface area (Å²) < 4.78 is 32.9. The van der Waals surface area contributed by atoms with Gasteiger partial charge < -0.3 is 29.2 Å². The van der Waals surface area contributed by atoms with Crippen molar-refractivity contribution >= 4 is 47.2 Å². The lowest BCUT2D eigenvalue weighted by Gasteiger charge is -2.35. The lowest BCUT2D eigenvalue weighted by atomic mass is 9.80. The van der Waals surface area contributed by atoms with Crippen molar-refractivity contribution in [2.75, 3.05) is 23.3 Å². The van der Waals surface area contributed by atoms with Crippen LogP contribution in [0.2, 0.25) is 0 Å². The maximum atomic E-state index is 15.3. The van der Waals surface area contributed by atoms with Crippen LogP contribution in [0.1, 0.15) is 54.9 Å². The summed E-state index contributed by atoms with van der Waals surface area (Å²) in [6.45, 7) is 14.6. The maximum Gasteiger partial charge on any atom is 0.496 e. The van der Waals surface area contributed by atoms with E-state index in [0.717, 1.165) is 12.2 Å². The summed E-state index contributed by atoms with van der Waals surface area (Å²) in [5, 5.41) is 2.99. The molecule has 3 fully saturated rings. The van der Waals surface area contributed by atoms with Crippen molar-refractivity contribution in [1.82, 2.24) is 24.8 Å². The molecule has 0 aromatic carbocycles. The molecule has 11 nitrogen and oxygen atoms in total. The molecule has 41 heavy (non-hydrogen) atoms. The van der Waals surface area contributed by atoms with Gasteiger partial charge in [0.1, 0.15) is 23.3 Å². The molecular weight excluding hydrogens is 528 g/mol. The summed E-state index contributed by atoms with van der Waals surface area (Å²) in [6, 6.07) is 5.32. The van der Waals surface area contributed by atoms with Crippen molar-refractivity contribution in [3.63, 3.8) is 0 Å². The Hall–Kier alpha value is -3.58. The molecule has 2 atom stereocenters. The Bertz CT molecular complexity index is 1500. The number of rotatable bonds is 4. The van der Waals surface area contributed by atoms with Crippen molar-refractivity contribution in [3.05, 3.63) is 36.5 Å². The lowest BCUT2D eigenvalue weighted by molar-refractivity contribution is 0.00578. The van der Waals surface area contributed by atoms with Crippen LogP contribution in [0.5, 0.6) is 0 Å². The molecule has 6 rings (SSSR count). The van der Waals surface area contributed by atoms with Crippen LogP contribution in [0.15, 0.2) is 30.7 Å². The van der Waals surface area contributed by atoms with Gasteiger partial charge in [0.05, 0.1) is 28.8 Å². The third-order valence-electron chi connectivity index (χ3n) is 8.25. The second-order valence-corrected chi connectivity index (χ2v) is 12.9. The lowest BCUT2D eigenvalue weighted by Crippen LogP contribution is -2.50. The van der Waals surface area contributed by atoms with Gasteiger partial charge in [-0.05, 0) is 73.1 Å². The van der Waals surface area contributed by atoms with Gasteiger partial charge in [-0.15, -0.1) is 0 Å². The van der Waals surface area contributed by atoms with Crippen LogP contribution >= 0.6 is 0 Å². The standard InChI is InChI=1S/C28H35BFN7O4/c1-26(2,3)39-25(38)37-14-17-11-18(37)13-36(17)21-9-8-20-22(34-21)24(33-15-32-20)35-23-19(30)10-16(12-31-23)29-40-27(4,5)28(6,7)41-29/h8-10,12,15,17-18H,11,13-14H2,1-7H3,(H,31,32,33,35)/t17-,18-/m0/s1. The zero-order valence-corrected chi connectivity index (χ0v) is 24.4. The highest BCUT2D eigenvalue weighted by Gasteiger charge is 2.52. The van der Waals surface area contributed by atoms with E-state index in [9.17, 15) is 4.79 Å². The fourth-order valence-corrected chi connectivity index (χ4v) is 5.44. The SMILES string of the molecule is CC(C)(C)OC(=O)N1C[C@@H]2C[C@H]1CN2c1ccc2ncnc(Nc3ncc(B4OC(C)(C)C(C)(C)O4)cc3F)c2n1. The number of hydrogen-bond donors (Lipinski definition) is 1. The zero-order chi connectivity index (χ0) is 29.3. The second kappa shape index (κ2) is 9.48. The largest absolute Gasteiger partial charge is 0.496 e. The molecule has 3 aromatic rings. The van der Waals surface area contributed by atoms with Crippen molar-refractivity contribution in [1.29, 1.82) is 0 Å². The highest BCUT2D eigenvalue weighted by atomic mass is 19.1. The predicted molar refractivity (Wildman–Crippen MR) is 153 cm³/mol. The van der Waals surface area contributed by atoms with E-state index in [1.54, 1.807) is 0 Å². The minimum atomic E-state index is -0.720. The van der Waals surface area contributed by atoms with Gasteiger partial charge in [0.25, 0.3) is 0 Å². The Morgan fingerprint density at radius 1 is 1.07 bits per heavy atom. The normalized spacial score (nSPS) is 23.0. The monoisotopic (exact) mass is 563 g/mol. The number of halogens is 1. The summed E-state index contributed by atoms with van der Waals surface area (Å²) in [5.74, 6) is 0.521. The first-order chi connectivity index (χ1) is 19.2. The molecule has 0 aliphatic carbocycles. The maximum absolute atomic E-state index is 15.3. The number of hydrogen-bond acceptors (Lipinski definition) is 10. The van der Waals surface area contributed by atoms with E-state index in [2.05, 4.69) is 25.2 Å². The van der Waals surface area contributed by atoms with Crippen LogP contribution in [0.25, 0.3) is 11.0 Å². The molecule has 3 aromatic heterocycles. The number of amides is 1. The number of nitrogens with one attached hydrogen (secondary N) is 1. The summed E-state index contributed by atoms with van der Waals surface area (Å²) in [7, 11) is -0.720. The minimum Gasteiger partial charge on any atom is -0.444 e. The van der Waals surface area contributed by atoms with E-state index in [1.807, 2.05) is 65.5 Å². The Kier molecular flexibility index (Phi) is 6.38. The number of pyridine rings is 2. The van der Waals surface area contributed by atoms with E-state index in [-0.39, 0.29) is 24.0 Å². The molecule has 0 saturated carbocycles. The van der Waals surface area contributed by atoms with Gasteiger partial charge >= 0.3 is 13.2 Å². The van der Waals surface area contributed by atoms with Crippen molar-refractivity contribution in [3.8, 4) is 0 Å². The summed E-state index contributed by atoms with van der Waals surface area (Å²) >= 11 is 0. The molecule has 13 heteroatoms. The summed E-state index contributed by atoms with van der Waals surface area (Å²) in [4.78, 5) is 34.5. The first kappa shape index (κ1) is 27.6. The Balaban J connectivity index is 1.20. The molecule has 0 radical (unpaired) electrons. The molecular formula is C28H35BFN7O4. The molecule has 0 unspecified atom stereocenters. The Morgan fingerprint density at radius 2 is 1.80 bits per heavy atom. The number of anilines is 3. The molecule has 216 valence electrons. The van der Waals surface area contributed by atoms with Crippen LogP contribution in [0, 0.1) is 5.82 Å². The van der Waals surface area contributed by atoms with E-state index in [1.165, 1.54) is 18.6 Å². The number of piperazine rings is 1. The average Bonchev–Trinajstić information content (AvgIpc) is 3.55. The number of aromatic nitrogens is 4. The third-order valence-corrected chi connectivity index (χ3v) is 8.25. The quantitative estimate of drug-likeness (QED) is 0.470. The van der Waals surface area contributed by atoms with E-state index >= 15 is 4.39 Å². The molecule has 6 heterocycles. The van der Waals surface area contributed by atoms with Crippen molar-refractivity contribution in [2.45, 2.75) is 83.8 Å². The van der Waals surface area contributed by atoms with Crippen LogP contribution in [-0.4, -0.2) is 80.0 Å². The zero-order valence-electron chi connectivity index (χ0n) is 24.4. The van der Waals surface area contributed by atoms with Gasteiger partial charge in [-0.3, -0.25) is 0 Å². The van der Waals surface area contributed by atoms with Crippen LogP contribution in [-0.2, 0) is 14.0 Å². The van der Waals surface area contributed by atoms with Gasteiger partial charge in [0.15, 0.2) is 17.5 Å². The van der Waals surface area contributed by atoms with Gasteiger partial charge in [0, 0.05) is 24.7 Å². The van der Waals surface area contributed by atoms with Gasteiger partial charge in [-0.2, -0.15) is 0 Å². The molecule has 2 bridgehead atoms. The predicted octanol–water partition coefficient (Wildman–Crippen LogP) is 3.80. The van der Waals surface area contributed by atoms with Crippen molar-refractivity contribution in [2.24, 2.45) is 0 Å². The van der Waals surface area contributed by atoms with Crippen LogP contribution in [0.4, 0.5) is 26.6 Å². The molecule has 3 aliphatic heterocycles. The van der Waals surface area contributed by atoms with Crippen LogP contribution in [0.3, 0.4) is 0 Å². The van der Waals surface area contributed by atoms with Crippen molar-refractivity contribution < 1.29 is 23.2 Å². The van der Waals surface area contributed by atoms with Gasteiger partial charge in [-0.25, -0.2) is 29.1 Å². The molecule has 1 amide bonds. The number of likely N-dealkylation sites (tertiary alicyclic amines) is 1. The smallest absolute Gasteiger partial charge is 0.444 e. The fraction of sp³-hybridized carbons (Fsp3) is 0.536. The van der Waals surface area contributed by atoms with Crippen LogP contribution < -0.4 is 15.7 Å². The third kappa shape index (κ3) is 5.05. The first-order valence-electron chi connectivity index (χ1n) is 13.9. The Morgan fingerprint density at radius 3 is 2.44 bits per heavy atom. The molecule has 0 spiro atoms. The number of nitrogens with zero attached hydrogens (tertiary/aromatic N) is 6. The van der Waals surface area contributed by atoms with Gasteiger partial charge in [0.2, 0.25) is 0 Å². The fourth-order valence-electron chi connectivity index (χ4n) is 5.44.